The van der Waals surface area contributed by atoms with Gasteiger partial charge >= 0.3 is 0 Å². The van der Waals surface area contributed by atoms with Gasteiger partial charge in [0.05, 0.1) is 6.54 Å². The van der Waals surface area contributed by atoms with Gasteiger partial charge in [-0.25, -0.2) is 0 Å². The maximum atomic E-state index is 11.4. The highest BCUT2D eigenvalue weighted by Gasteiger charge is 1.98. The first-order chi connectivity index (χ1) is 8.31. The lowest BCUT2D eigenvalue weighted by atomic mass is 10.1. The van der Waals surface area contributed by atoms with Crippen LogP contribution in [-0.4, -0.2) is 39.3 Å². The molecular formula is C13H28N2O2. The summed E-state index contributed by atoms with van der Waals surface area (Å²) in [5.74, 6) is 0.0953. The van der Waals surface area contributed by atoms with Crippen molar-refractivity contribution in [1.82, 2.24) is 10.6 Å². The van der Waals surface area contributed by atoms with Crippen LogP contribution in [0.4, 0.5) is 0 Å². The maximum absolute atomic E-state index is 11.4. The van der Waals surface area contributed by atoms with E-state index in [9.17, 15) is 4.79 Å². The summed E-state index contributed by atoms with van der Waals surface area (Å²) in [5.41, 5.74) is 0. The van der Waals surface area contributed by atoms with Gasteiger partial charge in [0.15, 0.2) is 0 Å². The van der Waals surface area contributed by atoms with Crippen LogP contribution in [0, 0.1) is 0 Å². The summed E-state index contributed by atoms with van der Waals surface area (Å²) in [6.07, 6.45) is 7.10. The molecule has 0 aromatic carbocycles. The molecule has 0 aliphatic rings. The van der Waals surface area contributed by atoms with E-state index in [1.165, 1.54) is 25.7 Å². The van der Waals surface area contributed by atoms with Crippen LogP contribution < -0.4 is 10.6 Å². The Morgan fingerprint density at radius 3 is 2.53 bits per heavy atom. The van der Waals surface area contributed by atoms with Crippen LogP contribution in [-0.2, 0) is 9.53 Å². The van der Waals surface area contributed by atoms with E-state index in [2.05, 4.69) is 17.6 Å². The molecule has 0 rings (SSSR count). The number of carbonyl (C=O) groups is 1. The topological polar surface area (TPSA) is 50.4 Å². The molecule has 4 nitrogen and oxygen atoms in total. The van der Waals surface area contributed by atoms with Crippen LogP contribution in [0.5, 0.6) is 0 Å². The summed E-state index contributed by atoms with van der Waals surface area (Å²) in [5, 5.41) is 6.01. The Morgan fingerprint density at radius 2 is 1.82 bits per heavy atom. The second-order valence-corrected chi connectivity index (χ2v) is 4.29. The molecule has 0 saturated carbocycles. The third-order valence-corrected chi connectivity index (χ3v) is 2.59. The number of nitrogens with one attached hydrogen (secondary N) is 2. The number of amides is 1. The van der Waals surface area contributed by atoms with E-state index in [4.69, 9.17) is 4.74 Å². The van der Waals surface area contributed by atoms with E-state index in [0.717, 1.165) is 32.5 Å². The molecule has 4 heteroatoms. The molecule has 0 aliphatic carbocycles. The molecule has 0 spiro atoms. The largest absolute Gasteiger partial charge is 0.385 e. The van der Waals surface area contributed by atoms with Crippen molar-refractivity contribution < 1.29 is 9.53 Å². The first-order valence-electron chi connectivity index (χ1n) is 6.77. The molecule has 0 atom stereocenters. The van der Waals surface area contributed by atoms with Gasteiger partial charge in [-0.2, -0.15) is 0 Å². The third kappa shape index (κ3) is 13.3. The van der Waals surface area contributed by atoms with Gasteiger partial charge < -0.3 is 15.4 Å². The Morgan fingerprint density at radius 1 is 1.06 bits per heavy atom. The molecule has 0 unspecified atom stereocenters. The number of ether oxygens (including phenoxy) is 1. The first kappa shape index (κ1) is 16.4. The van der Waals surface area contributed by atoms with Gasteiger partial charge in [-0.1, -0.05) is 32.6 Å². The highest BCUT2D eigenvalue weighted by Crippen LogP contribution is 2.00. The average Bonchev–Trinajstić information content (AvgIpc) is 2.33. The highest BCUT2D eigenvalue weighted by molar-refractivity contribution is 5.77. The smallest absolute Gasteiger partial charge is 0.233 e. The van der Waals surface area contributed by atoms with Crippen molar-refractivity contribution in [3.8, 4) is 0 Å². The van der Waals surface area contributed by atoms with Crippen molar-refractivity contribution >= 4 is 5.91 Å². The fourth-order valence-corrected chi connectivity index (χ4v) is 1.56. The number of carbonyl (C=O) groups excluding carboxylic acids is 1. The second-order valence-electron chi connectivity index (χ2n) is 4.29. The Labute approximate surface area is 105 Å². The van der Waals surface area contributed by atoms with Gasteiger partial charge in [0, 0.05) is 20.3 Å². The minimum absolute atomic E-state index is 0.0953. The standard InChI is InChI=1S/C13H28N2O2/c1-3-4-5-6-7-10-15-13(16)12-14-9-8-11-17-2/h14H,3-12H2,1-2H3,(H,15,16). The molecule has 2 N–H and O–H groups in total. The van der Waals surface area contributed by atoms with Crippen LogP contribution >= 0.6 is 0 Å². The summed E-state index contributed by atoms with van der Waals surface area (Å²) >= 11 is 0. The van der Waals surface area contributed by atoms with Crippen molar-refractivity contribution in [2.45, 2.75) is 45.4 Å². The zero-order valence-corrected chi connectivity index (χ0v) is 11.4. The molecule has 0 aliphatic heterocycles. The van der Waals surface area contributed by atoms with Gasteiger partial charge in [-0.15, -0.1) is 0 Å². The van der Waals surface area contributed by atoms with Gasteiger partial charge in [-0.05, 0) is 19.4 Å². The predicted molar refractivity (Wildman–Crippen MR) is 71.1 cm³/mol. The van der Waals surface area contributed by atoms with Crippen molar-refractivity contribution in [3.05, 3.63) is 0 Å². The monoisotopic (exact) mass is 244 g/mol. The Kier molecular flexibility index (Phi) is 13.0. The Hall–Kier alpha value is -0.610. The molecule has 0 fully saturated rings. The zero-order chi connectivity index (χ0) is 12.8. The van der Waals surface area contributed by atoms with E-state index in [-0.39, 0.29) is 5.91 Å². The lowest BCUT2D eigenvalue weighted by Gasteiger charge is -2.06. The lowest BCUT2D eigenvalue weighted by Crippen LogP contribution is -2.34. The van der Waals surface area contributed by atoms with Crippen LogP contribution in [0.1, 0.15) is 45.4 Å². The quantitative estimate of drug-likeness (QED) is 0.514. The van der Waals surface area contributed by atoms with Crippen molar-refractivity contribution in [3.63, 3.8) is 0 Å². The van der Waals surface area contributed by atoms with Crippen molar-refractivity contribution in [1.29, 1.82) is 0 Å². The summed E-state index contributed by atoms with van der Waals surface area (Å²) in [6, 6.07) is 0. The fraction of sp³-hybridized carbons (Fsp3) is 0.923. The summed E-state index contributed by atoms with van der Waals surface area (Å²) in [7, 11) is 1.69. The molecule has 0 bridgehead atoms. The van der Waals surface area contributed by atoms with Gasteiger partial charge in [0.2, 0.25) is 5.91 Å². The van der Waals surface area contributed by atoms with Crippen LogP contribution in [0.3, 0.4) is 0 Å². The fourth-order valence-electron chi connectivity index (χ4n) is 1.56. The molecule has 0 aromatic heterocycles. The normalized spacial score (nSPS) is 10.5. The number of unbranched alkanes of at least 4 members (excludes halogenated alkanes) is 4. The number of rotatable bonds is 12. The minimum Gasteiger partial charge on any atom is -0.385 e. The number of hydrogen-bond acceptors (Lipinski definition) is 3. The molecule has 17 heavy (non-hydrogen) atoms. The van der Waals surface area contributed by atoms with E-state index in [1.54, 1.807) is 7.11 Å². The summed E-state index contributed by atoms with van der Waals surface area (Å²) in [6.45, 7) is 5.00. The van der Waals surface area contributed by atoms with Crippen LogP contribution in [0.2, 0.25) is 0 Å². The summed E-state index contributed by atoms with van der Waals surface area (Å²) < 4.78 is 4.92. The van der Waals surface area contributed by atoms with Gasteiger partial charge in [0.25, 0.3) is 0 Å². The van der Waals surface area contributed by atoms with E-state index >= 15 is 0 Å². The lowest BCUT2D eigenvalue weighted by molar-refractivity contribution is -0.120. The highest BCUT2D eigenvalue weighted by atomic mass is 16.5. The first-order valence-corrected chi connectivity index (χ1v) is 6.77. The maximum Gasteiger partial charge on any atom is 0.233 e. The molecule has 102 valence electrons. The summed E-state index contributed by atoms with van der Waals surface area (Å²) in [4.78, 5) is 11.4. The third-order valence-electron chi connectivity index (χ3n) is 2.59. The second kappa shape index (κ2) is 13.5. The molecule has 0 heterocycles. The van der Waals surface area contributed by atoms with E-state index in [0.29, 0.717) is 6.54 Å². The minimum atomic E-state index is 0.0953. The number of hydrogen-bond donors (Lipinski definition) is 2. The SMILES string of the molecule is CCCCCCCNC(=O)CNCCCOC. The molecular weight excluding hydrogens is 216 g/mol. The van der Waals surface area contributed by atoms with Crippen molar-refractivity contribution in [2.24, 2.45) is 0 Å². The zero-order valence-electron chi connectivity index (χ0n) is 11.4. The van der Waals surface area contributed by atoms with E-state index in [1.807, 2.05) is 0 Å². The molecule has 0 saturated heterocycles. The number of methoxy groups -OCH3 is 1. The van der Waals surface area contributed by atoms with Crippen LogP contribution in [0.15, 0.2) is 0 Å². The Balaban J connectivity index is 3.12. The van der Waals surface area contributed by atoms with Gasteiger partial charge in [0.1, 0.15) is 0 Å². The van der Waals surface area contributed by atoms with Crippen LogP contribution in [0.25, 0.3) is 0 Å². The Bertz CT molecular complexity index is 175. The predicted octanol–water partition coefficient (Wildman–Crippen LogP) is 1.70. The average molecular weight is 244 g/mol. The van der Waals surface area contributed by atoms with Crippen molar-refractivity contribution in [2.75, 3.05) is 33.4 Å². The van der Waals surface area contributed by atoms with E-state index < -0.39 is 0 Å². The molecule has 0 aromatic rings. The van der Waals surface area contributed by atoms with Gasteiger partial charge in [-0.3, -0.25) is 4.79 Å². The molecule has 0 radical (unpaired) electrons. The molecule has 1 amide bonds.